The molecule has 84 valence electrons. The lowest BCUT2D eigenvalue weighted by atomic mass is 10.1. The fourth-order valence-corrected chi connectivity index (χ4v) is 2.66. The molecule has 0 aliphatic heterocycles. The van der Waals surface area contributed by atoms with Gasteiger partial charge in [-0.2, -0.15) is 0 Å². The minimum absolute atomic E-state index is 0.417. The van der Waals surface area contributed by atoms with E-state index in [4.69, 9.17) is 5.73 Å². The van der Waals surface area contributed by atoms with Gasteiger partial charge in [0.2, 0.25) is 0 Å². The van der Waals surface area contributed by atoms with Crippen molar-refractivity contribution < 1.29 is 0 Å². The van der Waals surface area contributed by atoms with E-state index in [1.165, 1.54) is 4.88 Å². The van der Waals surface area contributed by atoms with Gasteiger partial charge in [0.05, 0.1) is 5.69 Å². The van der Waals surface area contributed by atoms with Crippen molar-refractivity contribution in [3.05, 3.63) is 35.1 Å². The summed E-state index contributed by atoms with van der Waals surface area (Å²) in [4.78, 5) is 9.93. The van der Waals surface area contributed by atoms with E-state index >= 15 is 0 Å². The van der Waals surface area contributed by atoms with Crippen LogP contribution in [0.5, 0.6) is 0 Å². The molecule has 0 fully saturated rings. The third-order valence-corrected chi connectivity index (χ3v) is 3.51. The summed E-state index contributed by atoms with van der Waals surface area (Å²) in [5, 5.41) is 1.01. The van der Waals surface area contributed by atoms with Crippen LogP contribution in [0.2, 0.25) is 0 Å². The molecule has 0 bridgehead atoms. The summed E-state index contributed by atoms with van der Waals surface area (Å²) in [6.45, 7) is 4.84. The number of thiazole rings is 1. The van der Waals surface area contributed by atoms with E-state index in [2.05, 4.69) is 23.8 Å². The number of nitrogens with two attached hydrogens (primary N) is 1. The van der Waals surface area contributed by atoms with Crippen molar-refractivity contribution in [1.82, 2.24) is 9.97 Å². The van der Waals surface area contributed by atoms with Gasteiger partial charge in [-0.05, 0) is 18.1 Å². The van der Waals surface area contributed by atoms with Crippen molar-refractivity contribution in [1.29, 1.82) is 0 Å². The lowest BCUT2D eigenvalue weighted by molar-refractivity contribution is 0.814. The molecule has 0 amide bonds. The molecular weight excluding hydrogens is 218 g/mol. The lowest BCUT2D eigenvalue weighted by Crippen LogP contribution is -1.99. The van der Waals surface area contributed by atoms with Gasteiger partial charge in [-0.25, -0.2) is 4.98 Å². The summed E-state index contributed by atoms with van der Waals surface area (Å²) < 4.78 is 0. The lowest BCUT2D eigenvalue weighted by Gasteiger charge is -2.01. The Hall–Kier alpha value is -1.26. The van der Waals surface area contributed by atoms with Crippen LogP contribution in [-0.4, -0.2) is 9.97 Å². The van der Waals surface area contributed by atoms with Gasteiger partial charge in [-0.1, -0.05) is 13.8 Å². The molecule has 3 nitrogen and oxygen atoms in total. The van der Waals surface area contributed by atoms with Crippen LogP contribution in [0.15, 0.2) is 24.5 Å². The van der Waals surface area contributed by atoms with Crippen LogP contribution in [0.3, 0.4) is 0 Å². The van der Waals surface area contributed by atoms with E-state index in [0.29, 0.717) is 12.5 Å². The third kappa shape index (κ3) is 2.13. The Labute approximate surface area is 99.4 Å². The number of hydrogen-bond donors (Lipinski definition) is 1. The van der Waals surface area contributed by atoms with E-state index in [9.17, 15) is 0 Å². The number of pyridine rings is 1. The minimum Gasteiger partial charge on any atom is -0.326 e. The van der Waals surface area contributed by atoms with Gasteiger partial charge < -0.3 is 5.73 Å². The predicted molar refractivity (Wildman–Crippen MR) is 67.3 cm³/mol. The average Bonchev–Trinajstić information content (AvgIpc) is 2.74. The Bertz CT molecular complexity index is 462. The van der Waals surface area contributed by atoms with Crippen LogP contribution in [0, 0.1) is 0 Å². The number of nitrogens with zero attached hydrogens (tertiary/aromatic N) is 2. The van der Waals surface area contributed by atoms with Crippen molar-refractivity contribution in [2.45, 2.75) is 26.3 Å². The molecule has 0 saturated carbocycles. The van der Waals surface area contributed by atoms with E-state index in [-0.39, 0.29) is 0 Å². The molecule has 0 aliphatic rings. The smallest absolute Gasteiger partial charge is 0.125 e. The van der Waals surface area contributed by atoms with E-state index in [1.54, 1.807) is 17.5 Å². The Balaban J connectivity index is 2.44. The fraction of sp³-hybridized carbons (Fsp3) is 0.333. The largest absolute Gasteiger partial charge is 0.326 e. The normalized spacial score (nSPS) is 11.0. The highest BCUT2D eigenvalue weighted by molar-refractivity contribution is 7.15. The van der Waals surface area contributed by atoms with Crippen LogP contribution in [0.1, 0.15) is 30.3 Å². The zero-order valence-electron chi connectivity index (χ0n) is 9.47. The van der Waals surface area contributed by atoms with Gasteiger partial charge in [0.25, 0.3) is 0 Å². The monoisotopic (exact) mass is 233 g/mol. The van der Waals surface area contributed by atoms with Gasteiger partial charge in [0.1, 0.15) is 5.01 Å². The third-order valence-electron chi connectivity index (χ3n) is 2.37. The molecule has 0 saturated heterocycles. The van der Waals surface area contributed by atoms with Crippen LogP contribution in [-0.2, 0) is 6.54 Å². The summed E-state index contributed by atoms with van der Waals surface area (Å²) in [6, 6.07) is 3.95. The molecular formula is C12H15N3S. The summed E-state index contributed by atoms with van der Waals surface area (Å²) >= 11 is 1.66. The van der Waals surface area contributed by atoms with Crippen molar-refractivity contribution in [3.63, 3.8) is 0 Å². The van der Waals surface area contributed by atoms with Crippen molar-refractivity contribution in [3.8, 4) is 10.6 Å². The molecule has 0 spiro atoms. The molecule has 16 heavy (non-hydrogen) atoms. The Morgan fingerprint density at radius 2 is 2.25 bits per heavy atom. The molecule has 2 aromatic heterocycles. The zero-order chi connectivity index (χ0) is 11.5. The second-order valence-corrected chi connectivity index (χ2v) is 5.01. The van der Waals surface area contributed by atoms with Crippen molar-refractivity contribution in [2.75, 3.05) is 0 Å². The van der Waals surface area contributed by atoms with Crippen molar-refractivity contribution >= 4 is 11.3 Å². The first-order valence-corrected chi connectivity index (χ1v) is 6.14. The van der Waals surface area contributed by atoms with Gasteiger partial charge >= 0.3 is 0 Å². The molecule has 0 atom stereocenters. The molecule has 0 unspecified atom stereocenters. The average molecular weight is 233 g/mol. The summed E-state index contributed by atoms with van der Waals surface area (Å²) in [5.74, 6) is 0.417. The quantitative estimate of drug-likeness (QED) is 0.887. The van der Waals surface area contributed by atoms with Crippen LogP contribution in [0.4, 0.5) is 0 Å². The van der Waals surface area contributed by atoms with Gasteiger partial charge in [-0.15, -0.1) is 11.3 Å². The molecule has 0 radical (unpaired) electrons. The highest BCUT2D eigenvalue weighted by Crippen LogP contribution is 2.30. The minimum atomic E-state index is 0.417. The second kappa shape index (κ2) is 4.72. The SMILES string of the molecule is CC(C)c1nc(-c2cccnc2)sc1CN. The standard InChI is InChI=1S/C12H15N3S/c1-8(2)11-10(6-13)16-12(15-11)9-4-3-5-14-7-9/h3-5,7-8H,6,13H2,1-2H3. The molecule has 0 aromatic carbocycles. The van der Waals surface area contributed by atoms with Gasteiger partial charge in [0, 0.05) is 29.4 Å². The van der Waals surface area contributed by atoms with Gasteiger partial charge in [-0.3, -0.25) is 4.98 Å². The van der Waals surface area contributed by atoms with Crippen LogP contribution >= 0.6 is 11.3 Å². The van der Waals surface area contributed by atoms with Crippen LogP contribution in [0.25, 0.3) is 10.6 Å². The topological polar surface area (TPSA) is 51.8 Å². The van der Waals surface area contributed by atoms with E-state index < -0.39 is 0 Å². The second-order valence-electron chi connectivity index (χ2n) is 3.93. The molecule has 2 aromatic rings. The van der Waals surface area contributed by atoms with Gasteiger partial charge in [0.15, 0.2) is 0 Å². The fourth-order valence-electron chi connectivity index (χ4n) is 1.57. The number of rotatable bonds is 3. The maximum atomic E-state index is 5.73. The summed E-state index contributed by atoms with van der Waals surface area (Å²) in [6.07, 6.45) is 3.60. The Morgan fingerprint density at radius 1 is 1.44 bits per heavy atom. The number of aromatic nitrogens is 2. The first kappa shape index (κ1) is 11.2. The highest BCUT2D eigenvalue weighted by Gasteiger charge is 2.13. The maximum absolute atomic E-state index is 5.73. The van der Waals surface area contributed by atoms with E-state index in [0.717, 1.165) is 16.3 Å². The molecule has 4 heteroatoms. The van der Waals surface area contributed by atoms with Crippen molar-refractivity contribution in [2.24, 2.45) is 5.73 Å². The number of hydrogen-bond acceptors (Lipinski definition) is 4. The molecule has 2 heterocycles. The first-order chi connectivity index (χ1) is 7.72. The molecule has 2 rings (SSSR count). The molecule has 0 aliphatic carbocycles. The Morgan fingerprint density at radius 3 is 2.75 bits per heavy atom. The zero-order valence-corrected chi connectivity index (χ0v) is 10.3. The summed E-state index contributed by atoms with van der Waals surface area (Å²) in [7, 11) is 0. The van der Waals surface area contributed by atoms with E-state index in [1.807, 2.05) is 18.3 Å². The van der Waals surface area contributed by atoms with Crippen LogP contribution < -0.4 is 5.73 Å². The highest BCUT2D eigenvalue weighted by atomic mass is 32.1. The first-order valence-electron chi connectivity index (χ1n) is 5.32. The Kier molecular flexibility index (Phi) is 3.31. The predicted octanol–water partition coefficient (Wildman–Crippen LogP) is 2.79. The molecule has 2 N–H and O–H groups in total. The maximum Gasteiger partial charge on any atom is 0.125 e. The summed E-state index contributed by atoms with van der Waals surface area (Å²) in [5.41, 5.74) is 7.92.